The molecule has 0 saturated heterocycles. The van der Waals surface area contributed by atoms with Gasteiger partial charge in [0, 0.05) is 6.54 Å². The first-order valence-electron chi connectivity index (χ1n) is 8.75. The summed E-state index contributed by atoms with van der Waals surface area (Å²) in [5.41, 5.74) is 2.51. The molecule has 1 unspecified atom stereocenters. The number of ether oxygens (including phenoxy) is 1. The molecule has 2 rings (SSSR count). The summed E-state index contributed by atoms with van der Waals surface area (Å²) in [6.45, 7) is 5.64. The molecular weight excluding hydrogens is 314 g/mol. The summed E-state index contributed by atoms with van der Waals surface area (Å²) >= 11 is 0. The van der Waals surface area contributed by atoms with Gasteiger partial charge in [-0.2, -0.15) is 0 Å². The number of rotatable bonds is 10. The van der Waals surface area contributed by atoms with Crippen molar-refractivity contribution in [3.8, 4) is 0 Å². The Bertz CT molecular complexity index is 638. The smallest absolute Gasteiger partial charge is 0.335 e. The summed E-state index contributed by atoms with van der Waals surface area (Å²) in [6, 6.07) is 17.1. The number of carboxylic acids is 1. The van der Waals surface area contributed by atoms with E-state index in [4.69, 9.17) is 9.84 Å². The number of hydrogen-bond donors (Lipinski definition) is 2. The molecule has 0 heterocycles. The fourth-order valence-corrected chi connectivity index (χ4v) is 2.50. The predicted octanol–water partition coefficient (Wildman–Crippen LogP) is 4.45. The lowest BCUT2D eigenvalue weighted by molar-refractivity contribution is 0.00768. The second-order valence-electron chi connectivity index (χ2n) is 6.64. The molecule has 0 saturated carbocycles. The van der Waals surface area contributed by atoms with Gasteiger partial charge >= 0.3 is 5.97 Å². The van der Waals surface area contributed by atoms with Crippen LogP contribution in [0.25, 0.3) is 0 Å². The van der Waals surface area contributed by atoms with Crippen molar-refractivity contribution in [1.82, 2.24) is 5.32 Å². The van der Waals surface area contributed by atoms with Crippen LogP contribution >= 0.6 is 0 Å². The third kappa shape index (κ3) is 7.08. The molecule has 0 radical (unpaired) electrons. The summed E-state index contributed by atoms with van der Waals surface area (Å²) < 4.78 is 6.06. The van der Waals surface area contributed by atoms with Crippen LogP contribution in [0.4, 0.5) is 0 Å². The van der Waals surface area contributed by atoms with Gasteiger partial charge in [-0.15, -0.1) is 0 Å². The third-order valence-electron chi connectivity index (χ3n) is 4.03. The molecule has 0 aromatic heterocycles. The average molecular weight is 341 g/mol. The van der Waals surface area contributed by atoms with Crippen LogP contribution in [0, 0.1) is 5.92 Å². The molecule has 25 heavy (non-hydrogen) atoms. The number of carboxylic acid groups (broad SMARTS) is 1. The van der Waals surface area contributed by atoms with Gasteiger partial charge in [-0.05, 0) is 42.0 Å². The predicted molar refractivity (Wildman–Crippen MR) is 99.3 cm³/mol. The molecule has 0 aliphatic rings. The first kappa shape index (κ1) is 19.2. The quantitative estimate of drug-likeness (QED) is 0.627. The minimum atomic E-state index is -0.902. The molecule has 0 bridgehead atoms. The van der Waals surface area contributed by atoms with E-state index in [2.05, 4.69) is 31.3 Å². The molecule has 0 spiro atoms. The molecule has 0 aliphatic carbocycles. The molecule has 2 aromatic rings. The van der Waals surface area contributed by atoms with Gasteiger partial charge < -0.3 is 9.84 Å². The number of carbonyl (C=O) groups is 1. The van der Waals surface area contributed by atoms with E-state index in [0.29, 0.717) is 24.6 Å². The van der Waals surface area contributed by atoms with Crippen LogP contribution < -0.4 is 5.32 Å². The second kappa shape index (κ2) is 9.97. The van der Waals surface area contributed by atoms with E-state index in [1.165, 1.54) is 0 Å². The molecule has 2 N–H and O–H groups in total. The Morgan fingerprint density at radius 3 is 2.28 bits per heavy atom. The van der Waals surface area contributed by atoms with Gasteiger partial charge in [0.1, 0.15) is 6.23 Å². The van der Waals surface area contributed by atoms with Gasteiger partial charge in [0.05, 0.1) is 12.2 Å². The Morgan fingerprint density at radius 1 is 1.00 bits per heavy atom. The van der Waals surface area contributed by atoms with E-state index in [0.717, 1.165) is 24.0 Å². The van der Waals surface area contributed by atoms with E-state index < -0.39 is 5.97 Å². The molecule has 4 nitrogen and oxygen atoms in total. The molecule has 0 fully saturated rings. The number of aromatic carboxylic acids is 1. The van der Waals surface area contributed by atoms with Gasteiger partial charge in [-0.3, -0.25) is 5.32 Å². The highest BCUT2D eigenvalue weighted by Gasteiger charge is 2.10. The van der Waals surface area contributed by atoms with Crippen molar-refractivity contribution in [1.29, 1.82) is 0 Å². The monoisotopic (exact) mass is 341 g/mol. The van der Waals surface area contributed by atoms with Crippen molar-refractivity contribution in [2.24, 2.45) is 5.92 Å². The number of hydrogen-bond acceptors (Lipinski definition) is 3. The minimum Gasteiger partial charge on any atom is -0.478 e. The summed E-state index contributed by atoms with van der Waals surface area (Å²) in [6.07, 6.45) is 2.00. The molecule has 1 atom stereocenters. The lowest BCUT2D eigenvalue weighted by Crippen LogP contribution is -2.31. The van der Waals surface area contributed by atoms with Gasteiger partial charge in [-0.1, -0.05) is 56.3 Å². The molecule has 134 valence electrons. The molecule has 4 heteroatoms. The van der Waals surface area contributed by atoms with E-state index in [9.17, 15) is 4.79 Å². The topological polar surface area (TPSA) is 58.6 Å². The van der Waals surface area contributed by atoms with Crippen LogP contribution in [0.1, 0.15) is 48.2 Å². The van der Waals surface area contributed by atoms with Crippen molar-refractivity contribution >= 4 is 5.97 Å². The summed E-state index contributed by atoms with van der Waals surface area (Å²) in [5.74, 6) is -0.278. The van der Waals surface area contributed by atoms with Crippen molar-refractivity contribution in [2.45, 2.75) is 46.1 Å². The van der Waals surface area contributed by atoms with Crippen molar-refractivity contribution in [3.63, 3.8) is 0 Å². The van der Waals surface area contributed by atoms with Crippen LogP contribution in [-0.4, -0.2) is 17.3 Å². The summed E-state index contributed by atoms with van der Waals surface area (Å²) in [4.78, 5) is 10.9. The highest BCUT2D eigenvalue weighted by Crippen LogP contribution is 2.12. The number of benzene rings is 2. The fourth-order valence-electron chi connectivity index (χ4n) is 2.50. The first-order valence-corrected chi connectivity index (χ1v) is 8.75. The zero-order valence-electron chi connectivity index (χ0n) is 14.9. The van der Waals surface area contributed by atoms with Crippen LogP contribution in [0.5, 0.6) is 0 Å². The van der Waals surface area contributed by atoms with Crippen molar-refractivity contribution < 1.29 is 14.6 Å². The zero-order chi connectivity index (χ0) is 18.1. The second-order valence-corrected chi connectivity index (χ2v) is 6.64. The van der Waals surface area contributed by atoms with Crippen LogP contribution in [0.2, 0.25) is 0 Å². The maximum atomic E-state index is 10.9. The molecule has 0 amide bonds. The van der Waals surface area contributed by atoms with E-state index >= 15 is 0 Å². The summed E-state index contributed by atoms with van der Waals surface area (Å²) in [7, 11) is 0. The maximum Gasteiger partial charge on any atom is 0.335 e. The van der Waals surface area contributed by atoms with E-state index in [1.807, 2.05) is 30.3 Å². The highest BCUT2D eigenvalue weighted by molar-refractivity contribution is 5.87. The lowest BCUT2D eigenvalue weighted by Gasteiger charge is -2.21. The molecule has 2 aromatic carbocycles. The van der Waals surface area contributed by atoms with Crippen LogP contribution in [-0.2, 0) is 17.9 Å². The fraction of sp³-hybridized carbons (Fsp3) is 0.381. The normalized spacial score (nSPS) is 12.3. The molecule has 0 aliphatic heterocycles. The van der Waals surface area contributed by atoms with Crippen LogP contribution in [0.15, 0.2) is 54.6 Å². The lowest BCUT2D eigenvalue weighted by atomic mass is 10.1. The maximum absolute atomic E-state index is 10.9. The number of nitrogens with one attached hydrogen (secondary N) is 1. The minimum absolute atomic E-state index is 0.0262. The van der Waals surface area contributed by atoms with Gasteiger partial charge in [0.2, 0.25) is 0 Å². The highest BCUT2D eigenvalue weighted by atomic mass is 16.5. The first-order chi connectivity index (χ1) is 12.0. The standard InChI is InChI=1S/C21H27NO3/c1-16(2)8-13-20(25-15-18-6-4-3-5-7-18)22-14-17-9-11-19(12-10-17)21(23)24/h3-7,9-12,16,20,22H,8,13-15H2,1-2H3,(H,23,24). The Morgan fingerprint density at radius 2 is 1.68 bits per heavy atom. The van der Waals surface area contributed by atoms with Crippen molar-refractivity contribution in [3.05, 3.63) is 71.3 Å². The largest absolute Gasteiger partial charge is 0.478 e. The van der Waals surface area contributed by atoms with E-state index in [1.54, 1.807) is 12.1 Å². The van der Waals surface area contributed by atoms with Gasteiger partial charge in [0.25, 0.3) is 0 Å². The van der Waals surface area contributed by atoms with Gasteiger partial charge in [-0.25, -0.2) is 4.79 Å². The third-order valence-corrected chi connectivity index (χ3v) is 4.03. The average Bonchev–Trinajstić information content (AvgIpc) is 2.62. The zero-order valence-corrected chi connectivity index (χ0v) is 14.9. The molecular formula is C21H27NO3. The Hall–Kier alpha value is -2.17. The summed E-state index contributed by atoms with van der Waals surface area (Å²) in [5, 5.41) is 12.4. The Labute approximate surface area is 149 Å². The SMILES string of the molecule is CC(C)CCC(NCc1ccc(C(=O)O)cc1)OCc1ccccc1. The van der Waals surface area contributed by atoms with E-state index in [-0.39, 0.29) is 6.23 Å². The van der Waals surface area contributed by atoms with Crippen LogP contribution in [0.3, 0.4) is 0 Å². The Kier molecular flexibility index (Phi) is 7.64. The van der Waals surface area contributed by atoms with Crippen molar-refractivity contribution in [2.75, 3.05) is 0 Å². The van der Waals surface area contributed by atoms with Gasteiger partial charge in [0.15, 0.2) is 0 Å². The Balaban J connectivity index is 1.89.